The van der Waals surface area contributed by atoms with Gasteiger partial charge in [0.2, 0.25) is 0 Å². The number of aromatic nitrogens is 3. The van der Waals surface area contributed by atoms with E-state index in [4.69, 9.17) is 0 Å². The monoisotopic (exact) mass is 794 g/mol. The predicted octanol–water partition coefficient (Wildman–Crippen LogP) is 13.4. The Labute approximate surface area is 355 Å². The van der Waals surface area contributed by atoms with E-state index in [1.807, 2.05) is 66.7 Å². The molecule has 6 nitrogen and oxygen atoms in total. The van der Waals surface area contributed by atoms with Crippen LogP contribution in [0, 0.1) is 0 Å². The van der Waals surface area contributed by atoms with Gasteiger partial charge in [0, 0.05) is 32.3 Å². The maximum Gasteiger partial charge on any atom is 0.268 e. The van der Waals surface area contributed by atoms with Crippen LogP contribution >= 0.6 is 0 Å². The van der Waals surface area contributed by atoms with Gasteiger partial charge in [-0.05, 0) is 71.8 Å². The largest absolute Gasteiger partial charge is 0.307 e. The number of fused-ring (bicyclic) bond motifs is 10. The number of amides is 2. The average molecular weight is 795 g/mol. The molecule has 0 atom stereocenters. The Balaban J connectivity index is 1.16. The maximum atomic E-state index is 15.3. The molecule has 62 heavy (non-hydrogen) atoms. The number of nitrogens with zero attached hydrogens (tertiary/aromatic N) is 4. The van der Waals surface area contributed by atoms with Crippen molar-refractivity contribution in [1.29, 1.82) is 0 Å². The zero-order chi connectivity index (χ0) is 41.1. The van der Waals surface area contributed by atoms with E-state index in [-0.39, 0.29) is 11.8 Å². The second kappa shape index (κ2) is 13.0. The number of hydrogen-bond acceptors (Lipinski definition) is 2. The van der Waals surface area contributed by atoms with E-state index in [0.29, 0.717) is 22.5 Å². The Kier molecular flexibility index (Phi) is 7.22. The van der Waals surface area contributed by atoms with E-state index in [1.54, 1.807) is 6.07 Å². The highest BCUT2D eigenvalue weighted by Crippen LogP contribution is 2.45. The van der Waals surface area contributed by atoms with E-state index < -0.39 is 0 Å². The molecule has 12 aromatic rings. The van der Waals surface area contributed by atoms with Gasteiger partial charge in [-0.15, -0.1) is 0 Å². The molecule has 0 unspecified atom stereocenters. The van der Waals surface area contributed by atoms with Gasteiger partial charge in [0.05, 0.1) is 67.0 Å². The first-order valence-corrected chi connectivity index (χ1v) is 20.9. The second-order valence-electron chi connectivity index (χ2n) is 16.0. The number of carbonyl (C=O) groups excluding carboxylic acids is 2. The molecule has 0 saturated heterocycles. The van der Waals surface area contributed by atoms with Gasteiger partial charge in [0.1, 0.15) is 0 Å². The minimum absolute atomic E-state index is 0.344. The van der Waals surface area contributed by atoms with Crippen LogP contribution in [0.1, 0.15) is 20.7 Å². The van der Waals surface area contributed by atoms with E-state index in [2.05, 4.69) is 147 Å². The summed E-state index contributed by atoms with van der Waals surface area (Å²) < 4.78 is 6.95. The summed E-state index contributed by atoms with van der Waals surface area (Å²) in [5.74, 6) is -0.701. The number of anilines is 1. The lowest BCUT2D eigenvalue weighted by Crippen LogP contribution is -2.29. The van der Waals surface area contributed by atoms with Crippen LogP contribution in [0.5, 0.6) is 0 Å². The Hall–Kier alpha value is -8.48. The van der Waals surface area contributed by atoms with Crippen molar-refractivity contribution in [3.05, 3.63) is 217 Å². The number of imide groups is 1. The van der Waals surface area contributed by atoms with Crippen LogP contribution in [0.2, 0.25) is 0 Å². The molecule has 2 amide bonds. The summed E-state index contributed by atoms with van der Waals surface area (Å²) in [6.07, 6.45) is 0. The zero-order valence-electron chi connectivity index (χ0n) is 33.2. The number of para-hydroxylation sites is 6. The number of benzene rings is 9. The second-order valence-corrected chi connectivity index (χ2v) is 16.0. The third-order valence-electron chi connectivity index (χ3n) is 12.8. The van der Waals surface area contributed by atoms with Gasteiger partial charge in [-0.3, -0.25) is 9.59 Å². The minimum Gasteiger partial charge on any atom is -0.307 e. The number of rotatable bonds is 5. The normalized spacial score (nSPS) is 12.9. The third kappa shape index (κ3) is 4.69. The van der Waals surface area contributed by atoms with Gasteiger partial charge >= 0.3 is 0 Å². The first-order chi connectivity index (χ1) is 30.7. The van der Waals surface area contributed by atoms with Crippen molar-refractivity contribution in [3.63, 3.8) is 0 Å². The molecule has 0 spiro atoms. The molecule has 0 bridgehead atoms. The molecule has 3 aromatic heterocycles. The molecule has 9 aromatic carbocycles. The first kappa shape index (κ1) is 34.4. The van der Waals surface area contributed by atoms with E-state index in [9.17, 15) is 4.79 Å². The SMILES string of the molecule is O=C1c2cccc(-n3c4c(-n5c6ccccc6c6ccccc65)cccc4c4cccc(-n5c6ccccc6c6ccccc65)c43)c2C(=O)N1c1cccc(-c2ccccc2)c1. The van der Waals surface area contributed by atoms with Crippen molar-refractivity contribution in [1.82, 2.24) is 13.7 Å². The molecule has 0 N–H and O–H groups in total. The zero-order valence-corrected chi connectivity index (χ0v) is 33.2. The molecule has 0 aliphatic carbocycles. The van der Waals surface area contributed by atoms with Gasteiger partial charge in [0.15, 0.2) is 0 Å². The highest BCUT2D eigenvalue weighted by Gasteiger charge is 2.40. The van der Waals surface area contributed by atoms with Crippen LogP contribution in [0.25, 0.3) is 93.6 Å². The molecule has 1 aliphatic heterocycles. The predicted molar refractivity (Wildman–Crippen MR) is 252 cm³/mol. The Morgan fingerprint density at radius 1 is 0.306 bits per heavy atom. The van der Waals surface area contributed by atoms with Gasteiger partial charge < -0.3 is 13.7 Å². The standard InChI is InChI=1S/C56H34N4O2/c61-55-44-26-15-31-49(52(44)56(62)57(55)37-19-12-18-36(34-37)35-16-2-1-3-17-35)60-53-42(24-13-32-50(53)58-45-27-8-4-20-38(45)39-21-5-9-28-46(39)58)43-25-14-33-51(54(43)60)59-47-29-10-6-22-40(47)41-23-7-11-30-48(41)59/h1-34H. The van der Waals surface area contributed by atoms with Crippen molar-refractivity contribution < 1.29 is 9.59 Å². The topological polar surface area (TPSA) is 52.2 Å². The van der Waals surface area contributed by atoms with Crippen LogP contribution in [0.3, 0.4) is 0 Å². The quantitative estimate of drug-likeness (QED) is 0.163. The smallest absolute Gasteiger partial charge is 0.268 e. The van der Waals surface area contributed by atoms with Crippen LogP contribution in [-0.4, -0.2) is 25.5 Å². The molecule has 0 radical (unpaired) electrons. The van der Waals surface area contributed by atoms with Crippen molar-refractivity contribution in [2.75, 3.05) is 4.90 Å². The molecule has 6 heteroatoms. The van der Waals surface area contributed by atoms with Crippen molar-refractivity contribution in [3.8, 4) is 28.2 Å². The van der Waals surface area contributed by atoms with E-state index in [0.717, 1.165) is 87.9 Å². The van der Waals surface area contributed by atoms with Gasteiger partial charge in [-0.1, -0.05) is 146 Å². The molecular formula is C56H34N4O2. The molecular weight excluding hydrogens is 761 g/mol. The first-order valence-electron chi connectivity index (χ1n) is 20.9. The fraction of sp³-hybridized carbons (Fsp3) is 0. The van der Waals surface area contributed by atoms with Crippen molar-refractivity contribution in [2.24, 2.45) is 0 Å². The van der Waals surface area contributed by atoms with Crippen molar-refractivity contribution >= 4 is 82.9 Å². The average Bonchev–Trinajstić information content (AvgIpc) is 4.04. The van der Waals surface area contributed by atoms with E-state index >= 15 is 4.79 Å². The number of carbonyl (C=O) groups is 2. The number of hydrogen-bond donors (Lipinski definition) is 0. The lowest BCUT2D eigenvalue weighted by atomic mass is 10.0. The lowest BCUT2D eigenvalue weighted by molar-refractivity contribution is 0.0926. The Morgan fingerprint density at radius 3 is 1.26 bits per heavy atom. The summed E-state index contributed by atoms with van der Waals surface area (Å²) in [4.78, 5) is 31.3. The summed E-state index contributed by atoms with van der Waals surface area (Å²) >= 11 is 0. The van der Waals surface area contributed by atoms with Gasteiger partial charge in [0.25, 0.3) is 11.8 Å². The third-order valence-corrected chi connectivity index (χ3v) is 12.8. The summed E-state index contributed by atoms with van der Waals surface area (Å²) in [6, 6.07) is 70.5. The molecule has 4 heterocycles. The summed E-state index contributed by atoms with van der Waals surface area (Å²) in [5, 5.41) is 6.69. The summed E-state index contributed by atoms with van der Waals surface area (Å²) in [6.45, 7) is 0. The summed E-state index contributed by atoms with van der Waals surface area (Å²) in [7, 11) is 0. The van der Waals surface area contributed by atoms with Crippen LogP contribution in [0.4, 0.5) is 5.69 Å². The van der Waals surface area contributed by atoms with Gasteiger partial charge in [-0.25, -0.2) is 4.90 Å². The van der Waals surface area contributed by atoms with Crippen LogP contribution in [0.15, 0.2) is 206 Å². The van der Waals surface area contributed by atoms with E-state index in [1.165, 1.54) is 4.90 Å². The molecule has 13 rings (SSSR count). The van der Waals surface area contributed by atoms with Crippen molar-refractivity contribution in [2.45, 2.75) is 0 Å². The lowest BCUT2D eigenvalue weighted by Gasteiger charge is -2.18. The molecule has 0 fully saturated rings. The highest BCUT2D eigenvalue weighted by molar-refractivity contribution is 6.36. The fourth-order valence-electron chi connectivity index (χ4n) is 10.2. The Bertz CT molecular complexity index is 3590. The van der Waals surface area contributed by atoms with Crippen LogP contribution < -0.4 is 4.90 Å². The molecule has 290 valence electrons. The molecule has 0 saturated carbocycles. The fourth-order valence-corrected chi connectivity index (χ4v) is 10.2. The minimum atomic E-state index is -0.357. The Morgan fingerprint density at radius 2 is 0.726 bits per heavy atom. The highest BCUT2D eigenvalue weighted by atomic mass is 16.2. The van der Waals surface area contributed by atoms with Gasteiger partial charge in [-0.2, -0.15) is 0 Å². The maximum absolute atomic E-state index is 15.3. The molecule has 1 aliphatic rings. The van der Waals surface area contributed by atoms with Crippen LogP contribution in [-0.2, 0) is 0 Å². The summed E-state index contributed by atoms with van der Waals surface area (Å²) in [5.41, 5.74) is 11.9.